The summed E-state index contributed by atoms with van der Waals surface area (Å²) in [5.41, 5.74) is 6.66. The van der Waals surface area contributed by atoms with Gasteiger partial charge in [-0.3, -0.25) is 4.68 Å². The third kappa shape index (κ3) is 1.30. The second kappa shape index (κ2) is 3.81. The van der Waals surface area contributed by atoms with E-state index < -0.39 is 0 Å². The summed E-state index contributed by atoms with van der Waals surface area (Å²) in [5, 5.41) is 5.58. The Morgan fingerprint density at radius 2 is 2.43 bits per heavy atom. The van der Waals surface area contributed by atoms with E-state index in [9.17, 15) is 0 Å². The highest BCUT2D eigenvalue weighted by molar-refractivity contribution is 5.78. The van der Waals surface area contributed by atoms with Crippen molar-refractivity contribution in [1.29, 1.82) is 0 Å². The molecule has 0 aliphatic carbocycles. The Hall–Kier alpha value is -1.33. The molecule has 1 aliphatic rings. The second-order valence-electron chi connectivity index (χ2n) is 2.96. The monoisotopic (exact) mass is 194 g/mol. The quantitative estimate of drug-likeness (QED) is 0.640. The predicted molar refractivity (Wildman–Crippen MR) is 53.9 cm³/mol. The molecular weight excluding hydrogens is 180 g/mol. The zero-order valence-corrected chi connectivity index (χ0v) is 8.16. The highest BCUT2D eigenvalue weighted by Crippen LogP contribution is 2.19. The summed E-state index contributed by atoms with van der Waals surface area (Å²) < 4.78 is 7.38. The number of H-pyrrole nitrogens is 1. The Morgan fingerprint density at radius 3 is 3.29 bits per heavy atom. The number of nitrogens with two attached hydrogens (primary N) is 1. The fraction of sp³-hybridized carbons (Fsp3) is 0.444. The zero-order valence-electron chi connectivity index (χ0n) is 8.16. The zero-order chi connectivity index (χ0) is 9.97. The van der Waals surface area contributed by atoms with Crippen molar-refractivity contribution in [2.24, 2.45) is 5.73 Å². The minimum absolute atomic E-state index is 0.689. The Balaban J connectivity index is 0.000000354. The third-order valence-corrected chi connectivity index (χ3v) is 2.25. The van der Waals surface area contributed by atoms with Crippen LogP contribution in [0.25, 0.3) is 11.0 Å². The Kier molecular flexibility index (Phi) is 2.51. The standard InChI is InChI=1S/C8H9N3O.CH5N/c1-2-9-8-6(1)7-5-12-4-3-11(7)10-8;1-2/h1-2H,3-5H2,(H,9,10);2H2,1H3. The van der Waals surface area contributed by atoms with Gasteiger partial charge >= 0.3 is 0 Å². The molecule has 5 nitrogen and oxygen atoms in total. The molecule has 1 aliphatic heterocycles. The van der Waals surface area contributed by atoms with Crippen molar-refractivity contribution in [3.05, 3.63) is 18.0 Å². The maximum atomic E-state index is 5.36. The van der Waals surface area contributed by atoms with Crippen LogP contribution in [0.5, 0.6) is 0 Å². The average molecular weight is 194 g/mol. The molecule has 0 radical (unpaired) electrons. The lowest BCUT2D eigenvalue weighted by Gasteiger charge is -2.13. The van der Waals surface area contributed by atoms with E-state index in [4.69, 9.17) is 4.74 Å². The summed E-state index contributed by atoms with van der Waals surface area (Å²) in [7, 11) is 1.50. The van der Waals surface area contributed by atoms with E-state index in [1.165, 1.54) is 18.1 Å². The third-order valence-electron chi connectivity index (χ3n) is 2.25. The number of aromatic nitrogens is 3. The van der Waals surface area contributed by atoms with Crippen molar-refractivity contribution in [3.63, 3.8) is 0 Å². The molecule has 0 amide bonds. The van der Waals surface area contributed by atoms with E-state index >= 15 is 0 Å². The predicted octanol–water partition coefficient (Wildman–Crippen LogP) is 0.469. The molecule has 3 rings (SSSR count). The molecule has 3 N–H and O–H groups in total. The number of hydrogen-bond donors (Lipinski definition) is 2. The highest BCUT2D eigenvalue weighted by Gasteiger charge is 2.14. The number of nitrogens with zero attached hydrogens (tertiary/aromatic N) is 2. The van der Waals surface area contributed by atoms with Crippen molar-refractivity contribution in [2.45, 2.75) is 13.2 Å². The van der Waals surface area contributed by atoms with Crippen LogP contribution < -0.4 is 5.73 Å². The van der Waals surface area contributed by atoms with Gasteiger partial charge in [0.15, 0.2) is 5.65 Å². The molecule has 76 valence electrons. The topological polar surface area (TPSA) is 68.9 Å². The number of nitrogens with one attached hydrogen (secondary N) is 1. The fourth-order valence-corrected chi connectivity index (χ4v) is 1.65. The van der Waals surface area contributed by atoms with Gasteiger partial charge in [0.05, 0.1) is 25.5 Å². The second-order valence-corrected chi connectivity index (χ2v) is 2.96. The molecule has 0 bridgehead atoms. The van der Waals surface area contributed by atoms with Gasteiger partial charge in [-0.1, -0.05) is 0 Å². The van der Waals surface area contributed by atoms with E-state index in [-0.39, 0.29) is 0 Å². The van der Waals surface area contributed by atoms with Gasteiger partial charge in [0.1, 0.15) is 0 Å². The molecule has 0 spiro atoms. The Bertz CT molecular complexity index is 417. The smallest absolute Gasteiger partial charge is 0.159 e. The van der Waals surface area contributed by atoms with Gasteiger partial charge in [0.2, 0.25) is 0 Å². The van der Waals surface area contributed by atoms with Crippen LogP contribution in [0.4, 0.5) is 0 Å². The first-order valence-electron chi connectivity index (χ1n) is 4.63. The van der Waals surface area contributed by atoms with E-state index in [2.05, 4.69) is 15.8 Å². The fourth-order valence-electron chi connectivity index (χ4n) is 1.65. The lowest BCUT2D eigenvalue weighted by molar-refractivity contribution is 0.0811. The summed E-state index contributed by atoms with van der Waals surface area (Å²) in [6, 6.07) is 2.04. The summed E-state index contributed by atoms with van der Waals surface area (Å²) in [6.07, 6.45) is 1.91. The molecule has 0 atom stereocenters. The van der Waals surface area contributed by atoms with Crippen LogP contribution in [-0.4, -0.2) is 28.4 Å². The lowest BCUT2D eigenvalue weighted by Crippen LogP contribution is -2.17. The van der Waals surface area contributed by atoms with Gasteiger partial charge in [-0.2, -0.15) is 5.10 Å². The number of ether oxygens (including phenoxy) is 1. The van der Waals surface area contributed by atoms with Crippen LogP contribution in [0.1, 0.15) is 5.69 Å². The molecule has 0 saturated heterocycles. The molecule has 0 saturated carbocycles. The van der Waals surface area contributed by atoms with E-state index in [0.717, 1.165) is 18.8 Å². The SMILES string of the molecule is CN.c1cc2c3n(nc2[nH]1)CCOC3. The largest absolute Gasteiger partial charge is 0.373 e. The van der Waals surface area contributed by atoms with E-state index in [1.54, 1.807) is 0 Å². The molecule has 2 aromatic rings. The maximum absolute atomic E-state index is 5.36. The van der Waals surface area contributed by atoms with Gasteiger partial charge in [-0.25, -0.2) is 0 Å². The van der Waals surface area contributed by atoms with E-state index in [1.807, 2.05) is 16.9 Å². The van der Waals surface area contributed by atoms with Crippen LogP contribution >= 0.6 is 0 Å². The molecule has 3 heterocycles. The van der Waals surface area contributed by atoms with Crippen LogP contribution in [0.2, 0.25) is 0 Å². The van der Waals surface area contributed by atoms with Gasteiger partial charge in [0, 0.05) is 11.6 Å². The number of hydrogen-bond acceptors (Lipinski definition) is 3. The maximum Gasteiger partial charge on any atom is 0.159 e. The first-order valence-corrected chi connectivity index (χ1v) is 4.63. The van der Waals surface area contributed by atoms with E-state index in [0.29, 0.717) is 6.61 Å². The molecule has 14 heavy (non-hydrogen) atoms. The number of rotatable bonds is 0. The van der Waals surface area contributed by atoms with Crippen molar-refractivity contribution in [3.8, 4) is 0 Å². The van der Waals surface area contributed by atoms with Crippen molar-refractivity contribution in [1.82, 2.24) is 14.8 Å². The van der Waals surface area contributed by atoms with Crippen molar-refractivity contribution >= 4 is 11.0 Å². The first kappa shape index (κ1) is 9.23. The first-order chi connectivity index (χ1) is 6.95. The Labute approximate surface area is 81.8 Å². The molecule has 0 aromatic carbocycles. The van der Waals surface area contributed by atoms with Crippen molar-refractivity contribution in [2.75, 3.05) is 13.7 Å². The molecule has 0 unspecified atom stereocenters. The van der Waals surface area contributed by atoms with Gasteiger partial charge in [-0.15, -0.1) is 0 Å². The molecule has 0 fully saturated rings. The summed E-state index contributed by atoms with van der Waals surface area (Å²) in [4.78, 5) is 3.09. The molecular formula is C9H14N4O. The van der Waals surface area contributed by atoms with Crippen molar-refractivity contribution < 1.29 is 4.74 Å². The Morgan fingerprint density at radius 1 is 1.57 bits per heavy atom. The van der Waals surface area contributed by atoms with Crippen LogP contribution in [0.3, 0.4) is 0 Å². The minimum atomic E-state index is 0.689. The van der Waals surface area contributed by atoms with Gasteiger partial charge < -0.3 is 15.5 Å². The van der Waals surface area contributed by atoms with Crippen LogP contribution in [-0.2, 0) is 17.9 Å². The molecule has 5 heteroatoms. The summed E-state index contributed by atoms with van der Waals surface area (Å²) >= 11 is 0. The van der Waals surface area contributed by atoms with Gasteiger partial charge in [0.25, 0.3) is 0 Å². The lowest BCUT2D eigenvalue weighted by atomic mass is 10.3. The minimum Gasteiger partial charge on any atom is -0.373 e. The van der Waals surface area contributed by atoms with Crippen LogP contribution in [0, 0.1) is 0 Å². The average Bonchev–Trinajstić information content (AvgIpc) is 2.80. The molecule has 2 aromatic heterocycles. The summed E-state index contributed by atoms with van der Waals surface area (Å²) in [6.45, 7) is 2.34. The van der Waals surface area contributed by atoms with Crippen LogP contribution in [0.15, 0.2) is 12.3 Å². The normalized spacial score (nSPS) is 14.7. The number of aromatic amines is 1. The van der Waals surface area contributed by atoms with Gasteiger partial charge in [-0.05, 0) is 13.1 Å². The highest BCUT2D eigenvalue weighted by atomic mass is 16.5. The summed E-state index contributed by atoms with van der Waals surface area (Å²) in [5.74, 6) is 0. The number of fused-ring (bicyclic) bond motifs is 3.